The van der Waals surface area contributed by atoms with E-state index >= 15 is 0 Å². The molecule has 0 saturated carbocycles. The highest BCUT2D eigenvalue weighted by Gasteiger charge is 2.20. The van der Waals surface area contributed by atoms with E-state index in [9.17, 15) is 4.79 Å². The Balaban J connectivity index is 0.00000529. The predicted octanol–water partition coefficient (Wildman–Crippen LogP) is 3.68. The van der Waals surface area contributed by atoms with E-state index in [1.807, 2.05) is 30.9 Å². The van der Waals surface area contributed by atoms with Crippen molar-refractivity contribution in [3.63, 3.8) is 0 Å². The molecule has 1 atom stereocenters. The van der Waals surface area contributed by atoms with Gasteiger partial charge in [-0.2, -0.15) is 0 Å². The molecule has 138 valence electrons. The lowest BCUT2D eigenvalue weighted by molar-refractivity contribution is -0.134. The number of ether oxygens (including phenoxy) is 1. The number of carbonyl (C=O) groups is 1. The van der Waals surface area contributed by atoms with Gasteiger partial charge in [-0.05, 0) is 64.0 Å². The van der Waals surface area contributed by atoms with E-state index in [2.05, 4.69) is 38.7 Å². The summed E-state index contributed by atoms with van der Waals surface area (Å²) >= 11 is 0. The Kier molecular flexibility index (Phi) is 10.7. The number of halogens is 1. The van der Waals surface area contributed by atoms with E-state index in [0.717, 1.165) is 18.8 Å². The fraction of sp³-hybridized carbons (Fsp3) is 0.632. The van der Waals surface area contributed by atoms with E-state index in [0.29, 0.717) is 19.7 Å². The van der Waals surface area contributed by atoms with Gasteiger partial charge in [0, 0.05) is 6.54 Å². The molecule has 0 radical (unpaired) electrons. The van der Waals surface area contributed by atoms with Crippen LogP contribution in [0, 0.1) is 13.8 Å². The number of carbonyl (C=O) groups excluding carboxylic acids is 1. The highest BCUT2D eigenvalue weighted by Crippen LogP contribution is 2.17. The van der Waals surface area contributed by atoms with Gasteiger partial charge in [0.1, 0.15) is 12.4 Å². The van der Waals surface area contributed by atoms with E-state index in [4.69, 9.17) is 4.74 Å². The minimum Gasteiger partial charge on any atom is -0.491 e. The Labute approximate surface area is 153 Å². The van der Waals surface area contributed by atoms with Crippen LogP contribution in [0.15, 0.2) is 18.2 Å². The molecular formula is C19H33ClN2O2. The maximum Gasteiger partial charge on any atom is 0.237 e. The van der Waals surface area contributed by atoms with Crippen LogP contribution in [-0.2, 0) is 4.79 Å². The lowest BCUT2D eigenvalue weighted by Crippen LogP contribution is -2.46. The Morgan fingerprint density at radius 3 is 2.04 bits per heavy atom. The van der Waals surface area contributed by atoms with Crippen molar-refractivity contribution in [1.29, 1.82) is 0 Å². The summed E-state index contributed by atoms with van der Waals surface area (Å²) in [5, 5.41) is 0. The van der Waals surface area contributed by atoms with Crippen LogP contribution >= 0.6 is 12.4 Å². The van der Waals surface area contributed by atoms with Crippen molar-refractivity contribution < 1.29 is 9.53 Å². The SMILES string of the molecule is CCN(CC)CC(=O)N(CC)C(C)COc1cc(C)cc(C)c1.Cl. The summed E-state index contributed by atoms with van der Waals surface area (Å²) in [6.45, 7) is 15.9. The van der Waals surface area contributed by atoms with Gasteiger partial charge in [-0.15, -0.1) is 12.4 Å². The molecule has 1 rings (SSSR count). The molecule has 0 bridgehead atoms. The second-order valence-electron chi connectivity index (χ2n) is 6.12. The summed E-state index contributed by atoms with van der Waals surface area (Å²) in [7, 11) is 0. The van der Waals surface area contributed by atoms with Crippen LogP contribution in [0.4, 0.5) is 0 Å². The van der Waals surface area contributed by atoms with Gasteiger partial charge < -0.3 is 9.64 Å². The molecule has 1 aromatic rings. The summed E-state index contributed by atoms with van der Waals surface area (Å²) in [5.74, 6) is 1.05. The van der Waals surface area contributed by atoms with Gasteiger partial charge in [0.2, 0.25) is 5.91 Å². The molecule has 0 spiro atoms. The molecule has 0 aliphatic heterocycles. The monoisotopic (exact) mass is 356 g/mol. The normalized spacial score (nSPS) is 11.8. The molecule has 0 aliphatic rings. The number of likely N-dealkylation sites (N-methyl/N-ethyl adjacent to an activating group) is 2. The Morgan fingerprint density at radius 1 is 1.04 bits per heavy atom. The molecule has 0 aromatic heterocycles. The number of rotatable bonds is 9. The van der Waals surface area contributed by atoms with Crippen molar-refractivity contribution in [2.75, 3.05) is 32.8 Å². The van der Waals surface area contributed by atoms with Gasteiger partial charge in [-0.1, -0.05) is 19.9 Å². The minimum absolute atomic E-state index is 0. The lowest BCUT2D eigenvalue weighted by atomic mass is 10.1. The Hall–Kier alpha value is -1.26. The first-order valence-corrected chi connectivity index (χ1v) is 8.64. The highest BCUT2D eigenvalue weighted by molar-refractivity contribution is 5.85. The predicted molar refractivity (Wildman–Crippen MR) is 103 cm³/mol. The summed E-state index contributed by atoms with van der Waals surface area (Å²) in [4.78, 5) is 16.5. The van der Waals surface area contributed by atoms with E-state index < -0.39 is 0 Å². The second-order valence-corrected chi connectivity index (χ2v) is 6.12. The topological polar surface area (TPSA) is 32.8 Å². The molecule has 1 amide bonds. The molecule has 0 aliphatic carbocycles. The van der Waals surface area contributed by atoms with Crippen molar-refractivity contribution in [2.45, 2.75) is 47.6 Å². The summed E-state index contributed by atoms with van der Waals surface area (Å²) in [6, 6.07) is 6.26. The van der Waals surface area contributed by atoms with Gasteiger partial charge >= 0.3 is 0 Å². The first kappa shape index (κ1) is 22.7. The molecule has 0 fully saturated rings. The maximum atomic E-state index is 12.5. The van der Waals surface area contributed by atoms with E-state index in [1.54, 1.807) is 0 Å². The lowest BCUT2D eigenvalue weighted by Gasteiger charge is -2.30. The largest absolute Gasteiger partial charge is 0.491 e. The van der Waals surface area contributed by atoms with Gasteiger partial charge in [0.15, 0.2) is 0 Å². The first-order valence-electron chi connectivity index (χ1n) is 8.64. The van der Waals surface area contributed by atoms with Crippen molar-refractivity contribution in [3.8, 4) is 5.75 Å². The van der Waals surface area contributed by atoms with E-state index in [-0.39, 0.29) is 24.4 Å². The highest BCUT2D eigenvalue weighted by atomic mass is 35.5. The summed E-state index contributed by atoms with van der Waals surface area (Å²) in [6.07, 6.45) is 0. The molecule has 0 heterocycles. The average Bonchev–Trinajstić information content (AvgIpc) is 2.50. The van der Waals surface area contributed by atoms with Gasteiger partial charge in [0.25, 0.3) is 0 Å². The summed E-state index contributed by atoms with van der Waals surface area (Å²) in [5.41, 5.74) is 2.38. The molecule has 4 nitrogen and oxygen atoms in total. The van der Waals surface area contributed by atoms with Crippen LogP contribution in [0.5, 0.6) is 5.75 Å². The zero-order chi connectivity index (χ0) is 17.4. The zero-order valence-electron chi connectivity index (χ0n) is 16.0. The number of aryl methyl sites for hydroxylation is 2. The molecule has 0 N–H and O–H groups in total. The quantitative estimate of drug-likeness (QED) is 0.676. The van der Waals surface area contributed by atoms with Crippen molar-refractivity contribution in [1.82, 2.24) is 9.80 Å². The van der Waals surface area contributed by atoms with Crippen LogP contribution in [0.25, 0.3) is 0 Å². The van der Waals surface area contributed by atoms with Crippen LogP contribution in [0.3, 0.4) is 0 Å². The Bertz CT molecular complexity index is 484. The molecule has 1 unspecified atom stereocenters. The van der Waals surface area contributed by atoms with Crippen LogP contribution in [-0.4, -0.2) is 54.5 Å². The van der Waals surface area contributed by atoms with Crippen molar-refractivity contribution in [2.24, 2.45) is 0 Å². The molecule has 24 heavy (non-hydrogen) atoms. The first-order chi connectivity index (χ1) is 10.9. The van der Waals surface area contributed by atoms with Gasteiger partial charge in [-0.3, -0.25) is 9.69 Å². The van der Waals surface area contributed by atoms with Gasteiger partial charge in [0.05, 0.1) is 12.6 Å². The van der Waals surface area contributed by atoms with Gasteiger partial charge in [-0.25, -0.2) is 0 Å². The number of amides is 1. The molecule has 0 saturated heterocycles. The Morgan fingerprint density at radius 2 is 1.58 bits per heavy atom. The standard InChI is InChI=1S/C19H32N2O2.ClH/c1-7-20(8-2)13-19(22)21(9-3)17(6)14-23-18-11-15(4)10-16(5)12-18;/h10-12,17H,7-9,13-14H2,1-6H3;1H. The number of nitrogens with zero attached hydrogens (tertiary/aromatic N) is 2. The van der Waals surface area contributed by atoms with E-state index in [1.165, 1.54) is 11.1 Å². The van der Waals surface area contributed by atoms with Crippen LogP contribution in [0.2, 0.25) is 0 Å². The third kappa shape index (κ3) is 7.10. The number of benzene rings is 1. The molecule has 5 heteroatoms. The van der Waals surface area contributed by atoms with Crippen molar-refractivity contribution >= 4 is 18.3 Å². The third-order valence-corrected chi connectivity index (χ3v) is 4.13. The maximum absolute atomic E-state index is 12.5. The summed E-state index contributed by atoms with van der Waals surface area (Å²) < 4.78 is 5.91. The molecule has 1 aromatic carbocycles. The fourth-order valence-corrected chi connectivity index (χ4v) is 2.79. The third-order valence-electron chi connectivity index (χ3n) is 4.13. The zero-order valence-corrected chi connectivity index (χ0v) is 16.8. The number of hydrogen-bond acceptors (Lipinski definition) is 3. The second kappa shape index (κ2) is 11.3. The minimum atomic E-state index is 0. The number of hydrogen-bond donors (Lipinski definition) is 0. The molecular weight excluding hydrogens is 324 g/mol. The van der Waals surface area contributed by atoms with Crippen molar-refractivity contribution in [3.05, 3.63) is 29.3 Å². The van der Waals surface area contributed by atoms with Crippen LogP contribution in [0.1, 0.15) is 38.8 Å². The average molecular weight is 357 g/mol. The van der Waals surface area contributed by atoms with Crippen LogP contribution < -0.4 is 4.74 Å². The smallest absolute Gasteiger partial charge is 0.237 e. The fourth-order valence-electron chi connectivity index (χ4n) is 2.79.